The van der Waals surface area contributed by atoms with Crippen LogP contribution in [0.25, 0.3) is 0 Å². The van der Waals surface area contributed by atoms with Crippen molar-refractivity contribution < 1.29 is 9.90 Å². The van der Waals surface area contributed by atoms with Crippen LogP contribution >= 0.6 is 11.8 Å². The maximum atomic E-state index is 12.5. The Labute approximate surface area is 141 Å². The first-order chi connectivity index (χ1) is 11.2. The van der Waals surface area contributed by atoms with E-state index in [1.807, 2.05) is 11.2 Å². The summed E-state index contributed by atoms with van der Waals surface area (Å²) in [5.74, 6) is 0.0326. The molecule has 7 heteroatoms. The zero-order valence-electron chi connectivity index (χ0n) is 13.5. The van der Waals surface area contributed by atoms with Crippen molar-refractivity contribution in [2.45, 2.75) is 43.0 Å². The van der Waals surface area contributed by atoms with E-state index in [1.54, 1.807) is 12.4 Å². The highest BCUT2D eigenvalue weighted by Crippen LogP contribution is 2.22. The van der Waals surface area contributed by atoms with Gasteiger partial charge in [0, 0.05) is 44.6 Å². The summed E-state index contributed by atoms with van der Waals surface area (Å²) in [6.45, 7) is 3.52. The van der Waals surface area contributed by atoms with E-state index < -0.39 is 0 Å². The highest BCUT2D eigenvalue weighted by Gasteiger charge is 2.29. The van der Waals surface area contributed by atoms with Crippen molar-refractivity contribution in [2.75, 3.05) is 32.4 Å². The number of likely N-dealkylation sites (tertiary alicyclic amines) is 2. The summed E-state index contributed by atoms with van der Waals surface area (Å²) in [7, 11) is 0. The summed E-state index contributed by atoms with van der Waals surface area (Å²) in [4.78, 5) is 25.3. The van der Waals surface area contributed by atoms with E-state index in [0.29, 0.717) is 16.8 Å². The maximum Gasteiger partial charge on any atom is 0.256 e. The van der Waals surface area contributed by atoms with Crippen LogP contribution in [0.5, 0.6) is 0 Å². The van der Waals surface area contributed by atoms with E-state index in [9.17, 15) is 9.90 Å². The number of hydrogen-bond acceptors (Lipinski definition) is 6. The number of rotatable bonds is 3. The lowest BCUT2D eigenvalue weighted by Gasteiger charge is -2.41. The van der Waals surface area contributed by atoms with Crippen molar-refractivity contribution in [3.63, 3.8) is 0 Å². The third-order valence-corrected chi connectivity index (χ3v) is 5.40. The van der Waals surface area contributed by atoms with E-state index in [-0.39, 0.29) is 12.0 Å². The van der Waals surface area contributed by atoms with Gasteiger partial charge in [-0.15, -0.1) is 0 Å². The Hall–Kier alpha value is -1.18. The molecule has 1 aromatic heterocycles. The molecule has 2 aliphatic heterocycles. The number of aliphatic hydroxyl groups is 1. The first-order valence-corrected chi connectivity index (χ1v) is 9.47. The minimum atomic E-state index is -0.128. The van der Waals surface area contributed by atoms with Crippen LogP contribution in [0.3, 0.4) is 0 Å². The molecule has 0 bridgehead atoms. The van der Waals surface area contributed by atoms with Gasteiger partial charge < -0.3 is 14.9 Å². The van der Waals surface area contributed by atoms with Crippen LogP contribution < -0.4 is 0 Å². The summed E-state index contributed by atoms with van der Waals surface area (Å²) >= 11 is 1.47. The van der Waals surface area contributed by atoms with Crippen LogP contribution in [0.1, 0.15) is 36.0 Å². The number of carbonyl (C=O) groups is 1. The molecule has 126 valence electrons. The average Bonchev–Trinajstić information content (AvgIpc) is 2.62. The van der Waals surface area contributed by atoms with Crippen LogP contribution in [0.4, 0.5) is 0 Å². The molecule has 6 nitrogen and oxygen atoms in total. The number of thioether (sulfide) groups is 1. The van der Waals surface area contributed by atoms with Crippen LogP contribution in [0.2, 0.25) is 0 Å². The number of carbonyl (C=O) groups excluding carboxylic acids is 1. The van der Waals surface area contributed by atoms with Gasteiger partial charge in [0.15, 0.2) is 5.16 Å². The van der Waals surface area contributed by atoms with Crippen molar-refractivity contribution in [1.82, 2.24) is 19.8 Å². The summed E-state index contributed by atoms with van der Waals surface area (Å²) in [5.41, 5.74) is 0.572. The topological polar surface area (TPSA) is 69.6 Å². The molecule has 0 aromatic carbocycles. The minimum Gasteiger partial charge on any atom is -0.393 e. The molecule has 2 saturated heterocycles. The van der Waals surface area contributed by atoms with Crippen molar-refractivity contribution in [3.05, 3.63) is 18.0 Å². The Morgan fingerprint density at radius 2 is 1.74 bits per heavy atom. The number of nitrogens with zero attached hydrogens (tertiary/aromatic N) is 4. The van der Waals surface area contributed by atoms with Gasteiger partial charge in [-0.1, -0.05) is 11.8 Å². The number of amides is 1. The van der Waals surface area contributed by atoms with Crippen LogP contribution in [0.15, 0.2) is 17.6 Å². The SMILES string of the molecule is CSc1ncc(C(=O)N2CCC(N3CCC(O)CC3)CC2)cn1. The maximum absolute atomic E-state index is 12.5. The van der Waals surface area contributed by atoms with Crippen LogP contribution in [-0.4, -0.2) is 75.4 Å². The lowest BCUT2D eigenvalue weighted by molar-refractivity contribution is 0.0356. The second-order valence-corrected chi connectivity index (χ2v) is 7.02. The fraction of sp³-hybridized carbons (Fsp3) is 0.688. The van der Waals surface area contributed by atoms with Gasteiger partial charge in [-0.2, -0.15) is 0 Å². The zero-order chi connectivity index (χ0) is 16.2. The smallest absolute Gasteiger partial charge is 0.256 e. The molecule has 0 radical (unpaired) electrons. The fourth-order valence-electron chi connectivity index (χ4n) is 3.40. The number of piperidine rings is 2. The van der Waals surface area contributed by atoms with Crippen molar-refractivity contribution in [1.29, 1.82) is 0 Å². The minimum absolute atomic E-state index is 0.0326. The van der Waals surface area contributed by atoms with E-state index in [1.165, 1.54) is 11.8 Å². The Bertz CT molecular complexity index is 523. The molecular formula is C16H24N4O2S. The standard InChI is InChI=1S/C16H24N4O2S/c1-23-16-17-10-12(11-18-16)15(22)20-6-2-13(3-7-20)19-8-4-14(21)5-9-19/h10-11,13-14,21H,2-9H2,1H3. The Morgan fingerprint density at radius 3 is 2.30 bits per heavy atom. The Morgan fingerprint density at radius 1 is 1.13 bits per heavy atom. The second-order valence-electron chi connectivity index (χ2n) is 6.25. The van der Waals surface area contributed by atoms with Gasteiger partial charge >= 0.3 is 0 Å². The fourth-order valence-corrected chi connectivity index (χ4v) is 3.72. The third-order valence-electron chi connectivity index (χ3n) is 4.82. The molecule has 0 unspecified atom stereocenters. The molecule has 23 heavy (non-hydrogen) atoms. The summed E-state index contributed by atoms with van der Waals surface area (Å²) in [6, 6.07) is 0.543. The van der Waals surface area contributed by atoms with Crippen molar-refractivity contribution in [2.24, 2.45) is 0 Å². The Balaban J connectivity index is 1.52. The predicted molar refractivity (Wildman–Crippen MR) is 89.6 cm³/mol. The van der Waals surface area contributed by atoms with Crippen molar-refractivity contribution in [3.8, 4) is 0 Å². The normalized spacial score (nSPS) is 21.6. The van der Waals surface area contributed by atoms with Crippen LogP contribution in [-0.2, 0) is 0 Å². The molecule has 1 amide bonds. The van der Waals surface area contributed by atoms with E-state index in [2.05, 4.69) is 14.9 Å². The first-order valence-electron chi connectivity index (χ1n) is 8.25. The van der Waals surface area contributed by atoms with Gasteiger partial charge in [0.2, 0.25) is 0 Å². The molecule has 0 atom stereocenters. The number of hydrogen-bond donors (Lipinski definition) is 1. The lowest BCUT2D eigenvalue weighted by Crippen LogP contribution is -2.49. The number of aliphatic hydroxyl groups excluding tert-OH is 1. The monoisotopic (exact) mass is 336 g/mol. The molecular weight excluding hydrogens is 312 g/mol. The van der Waals surface area contributed by atoms with Gasteiger partial charge in [0.25, 0.3) is 5.91 Å². The largest absolute Gasteiger partial charge is 0.393 e. The number of aromatic nitrogens is 2. The molecule has 2 aliphatic rings. The first kappa shape index (κ1) is 16.7. The molecule has 0 spiro atoms. The second kappa shape index (κ2) is 7.59. The summed E-state index contributed by atoms with van der Waals surface area (Å²) in [5, 5.41) is 10.3. The van der Waals surface area contributed by atoms with Gasteiger partial charge in [-0.05, 0) is 31.9 Å². The van der Waals surface area contributed by atoms with Crippen LogP contribution in [0, 0.1) is 0 Å². The van der Waals surface area contributed by atoms with Gasteiger partial charge in [0.1, 0.15) is 0 Å². The molecule has 1 N–H and O–H groups in total. The molecule has 3 rings (SSSR count). The predicted octanol–water partition coefficient (Wildman–Crippen LogP) is 1.26. The molecule has 1 aromatic rings. The quantitative estimate of drug-likeness (QED) is 0.662. The Kier molecular flexibility index (Phi) is 5.50. The lowest BCUT2D eigenvalue weighted by atomic mass is 9.98. The van der Waals surface area contributed by atoms with E-state index in [0.717, 1.165) is 51.9 Å². The van der Waals surface area contributed by atoms with Gasteiger partial charge in [0.05, 0.1) is 11.7 Å². The van der Waals surface area contributed by atoms with Gasteiger partial charge in [-0.3, -0.25) is 4.79 Å². The van der Waals surface area contributed by atoms with E-state index in [4.69, 9.17) is 0 Å². The van der Waals surface area contributed by atoms with Gasteiger partial charge in [-0.25, -0.2) is 9.97 Å². The molecule has 3 heterocycles. The zero-order valence-corrected chi connectivity index (χ0v) is 14.3. The summed E-state index contributed by atoms with van der Waals surface area (Å²) in [6.07, 6.45) is 8.80. The summed E-state index contributed by atoms with van der Waals surface area (Å²) < 4.78 is 0. The third kappa shape index (κ3) is 4.02. The highest BCUT2D eigenvalue weighted by atomic mass is 32.2. The van der Waals surface area contributed by atoms with Crippen molar-refractivity contribution >= 4 is 17.7 Å². The highest BCUT2D eigenvalue weighted by molar-refractivity contribution is 7.98. The molecule has 2 fully saturated rings. The van der Waals surface area contributed by atoms with E-state index >= 15 is 0 Å². The average molecular weight is 336 g/mol. The molecule has 0 saturated carbocycles. The molecule has 0 aliphatic carbocycles.